The van der Waals surface area contributed by atoms with Gasteiger partial charge in [-0.05, 0) is 31.5 Å². The molecule has 2 nitrogen and oxygen atoms in total. The number of benzene rings is 1. The Labute approximate surface area is 91.4 Å². The van der Waals surface area contributed by atoms with Crippen LogP contribution < -0.4 is 4.90 Å². The van der Waals surface area contributed by atoms with E-state index in [2.05, 4.69) is 12.6 Å². The highest BCUT2D eigenvalue weighted by Gasteiger charge is 2.07. The number of hydrogen-bond donors (Lipinski definition) is 0. The first-order valence-corrected chi connectivity index (χ1v) is 4.91. The fourth-order valence-electron chi connectivity index (χ4n) is 1.54. The van der Waals surface area contributed by atoms with Crippen molar-refractivity contribution in [2.24, 2.45) is 0 Å². The number of rotatable bonds is 3. The Morgan fingerprint density at radius 3 is 2.73 bits per heavy atom. The van der Waals surface area contributed by atoms with Gasteiger partial charge in [0.05, 0.1) is 11.3 Å². The highest BCUT2D eigenvalue weighted by Crippen LogP contribution is 2.20. The van der Waals surface area contributed by atoms with Crippen LogP contribution in [-0.4, -0.2) is 13.6 Å². The lowest BCUT2D eigenvalue weighted by molar-refractivity contribution is 0.981. The lowest BCUT2D eigenvalue weighted by atomic mass is 10.1. The molecule has 0 heterocycles. The summed E-state index contributed by atoms with van der Waals surface area (Å²) in [5.74, 6) is 0. The molecular formula is C13H16N2. The third kappa shape index (κ3) is 2.85. The summed E-state index contributed by atoms with van der Waals surface area (Å²) in [7, 11) is 1.98. The molecule has 0 aliphatic rings. The number of likely N-dealkylation sites (N-methyl/N-ethyl adjacent to an activating group) is 1. The molecule has 0 amide bonds. The van der Waals surface area contributed by atoms with Crippen LogP contribution in [0.1, 0.15) is 18.1 Å². The second kappa shape index (κ2) is 4.65. The number of hydrogen-bond acceptors (Lipinski definition) is 2. The summed E-state index contributed by atoms with van der Waals surface area (Å²) in [4.78, 5) is 2.05. The van der Waals surface area contributed by atoms with E-state index in [0.717, 1.165) is 23.4 Å². The molecule has 0 saturated carbocycles. The summed E-state index contributed by atoms with van der Waals surface area (Å²) in [6, 6.07) is 8.05. The zero-order chi connectivity index (χ0) is 11.4. The summed E-state index contributed by atoms with van der Waals surface area (Å²) >= 11 is 0. The average Bonchev–Trinajstić information content (AvgIpc) is 2.16. The molecule has 0 spiro atoms. The van der Waals surface area contributed by atoms with Gasteiger partial charge >= 0.3 is 0 Å². The molecule has 0 saturated heterocycles. The molecule has 1 rings (SSSR count). The summed E-state index contributed by atoms with van der Waals surface area (Å²) in [6.07, 6.45) is 0. The van der Waals surface area contributed by atoms with E-state index in [9.17, 15) is 0 Å². The van der Waals surface area contributed by atoms with Gasteiger partial charge in [0.2, 0.25) is 0 Å². The van der Waals surface area contributed by atoms with E-state index in [1.54, 1.807) is 0 Å². The van der Waals surface area contributed by atoms with Crippen LogP contribution in [0.15, 0.2) is 30.4 Å². The molecule has 0 aromatic heterocycles. The van der Waals surface area contributed by atoms with Crippen LogP contribution in [0.3, 0.4) is 0 Å². The summed E-state index contributed by atoms with van der Waals surface area (Å²) < 4.78 is 0. The van der Waals surface area contributed by atoms with Crippen LogP contribution in [0.5, 0.6) is 0 Å². The zero-order valence-corrected chi connectivity index (χ0v) is 9.54. The Balaban J connectivity index is 3.06. The first-order valence-electron chi connectivity index (χ1n) is 4.91. The molecule has 0 N–H and O–H groups in total. The van der Waals surface area contributed by atoms with Gasteiger partial charge in [0.25, 0.3) is 0 Å². The van der Waals surface area contributed by atoms with Gasteiger partial charge < -0.3 is 4.90 Å². The highest BCUT2D eigenvalue weighted by atomic mass is 15.1. The Morgan fingerprint density at radius 1 is 1.53 bits per heavy atom. The Kier molecular flexibility index (Phi) is 3.51. The lowest BCUT2D eigenvalue weighted by Gasteiger charge is -2.20. The van der Waals surface area contributed by atoms with E-state index in [1.807, 2.05) is 44.0 Å². The quantitative estimate of drug-likeness (QED) is 0.701. The van der Waals surface area contributed by atoms with Gasteiger partial charge in [-0.25, -0.2) is 0 Å². The largest absolute Gasteiger partial charge is 0.370 e. The summed E-state index contributed by atoms with van der Waals surface area (Å²) in [5, 5.41) is 8.99. The topological polar surface area (TPSA) is 27.0 Å². The van der Waals surface area contributed by atoms with Crippen LogP contribution in [0.25, 0.3) is 0 Å². The maximum atomic E-state index is 8.99. The molecule has 0 fully saturated rings. The van der Waals surface area contributed by atoms with E-state index >= 15 is 0 Å². The minimum Gasteiger partial charge on any atom is -0.370 e. The first kappa shape index (κ1) is 11.3. The molecule has 0 bridgehead atoms. The zero-order valence-electron chi connectivity index (χ0n) is 9.54. The van der Waals surface area contributed by atoms with Crippen molar-refractivity contribution in [3.05, 3.63) is 41.5 Å². The van der Waals surface area contributed by atoms with Gasteiger partial charge in [0.15, 0.2) is 0 Å². The van der Waals surface area contributed by atoms with Crippen molar-refractivity contribution in [3.63, 3.8) is 0 Å². The fraction of sp³-hybridized carbons (Fsp3) is 0.308. The van der Waals surface area contributed by atoms with Crippen LogP contribution in [0.2, 0.25) is 0 Å². The van der Waals surface area contributed by atoms with Gasteiger partial charge in [0.1, 0.15) is 6.07 Å². The van der Waals surface area contributed by atoms with Crippen LogP contribution in [0, 0.1) is 18.3 Å². The van der Waals surface area contributed by atoms with Crippen LogP contribution >= 0.6 is 0 Å². The van der Waals surface area contributed by atoms with Crippen LogP contribution in [-0.2, 0) is 0 Å². The van der Waals surface area contributed by atoms with Crippen molar-refractivity contribution in [2.75, 3.05) is 18.5 Å². The average molecular weight is 200 g/mol. The maximum Gasteiger partial charge on any atom is 0.101 e. The number of nitriles is 1. The Morgan fingerprint density at radius 2 is 2.20 bits per heavy atom. The second-order valence-corrected chi connectivity index (χ2v) is 3.95. The van der Waals surface area contributed by atoms with E-state index in [1.165, 1.54) is 0 Å². The lowest BCUT2D eigenvalue weighted by Crippen LogP contribution is -2.20. The Hall–Kier alpha value is -1.75. The van der Waals surface area contributed by atoms with Gasteiger partial charge in [-0.3, -0.25) is 0 Å². The van der Waals surface area contributed by atoms with Gasteiger partial charge in [-0.2, -0.15) is 5.26 Å². The molecule has 2 heteroatoms. The van der Waals surface area contributed by atoms with Crippen molar-refractivity contribution in [1.29, 1.82) is 5.26 Å². The molecule has 0 atom stereocenters. The number of anilines is 1. The molecular weight excluding hydrogens is 184 g/mol. The minimum atomic E-state index is 0.712. The van der Waals surface area contributed by atoms with Crippen molar-refractivity contribution in [2.45, 2.75) is 13.8 Å². The standard InChI is InChI=1S/C13H16N2/c1-10(2)9-15(4)13-7-11(3)5-6-12(13)8-14/h5-7H,1,9H2,2-4H3. The summed E-state index contributed by atoms with van der Waals surface area (Å²) in [6.45, 7) is 8.66. The van der Waals surface area contributed by atoms with Gasteiger partial charge in [-0.1, -0.05) is 18.2 Å². The predicted molar refractivity (Wildman–Crippen MR) is 64.0 cm³/mol. The predicted octanol–water partition coefficient (Wildman–Crippen LogP) is 2.88. The molecule has 0 aliphatic heterocycles. The molecule has 1 aromatic carbocycles. The smallest absolute Gasteiger partial charge is 0.101 e. The first-order chi connectivity index (χ1) is 7.04. The normalized spacial score (nSPS) is 9.47. The Bertz CT molecular complexity index is 413. The molecule has 0 unspecified atom stereocenters. The number of nitrogens with zero attached hydrogens (tertiary/aromatic N) is 2. The SMILES string of the molecule is C=C(C)CN(C)c1cc(C)ccc1C#N. The molecule has 1 aromatic rings. The maximum absolute atomic E-state index is 8.99. The van der Waals surface area contributed by atoms with E-state index in [0.29, 0.717) is 5.56 Å². The molecule has 0 radical (unpaired) electrons. The number of aryl methyl sites for hydroxylation is 1. The van der Waals surface area contributed by atoms with Gasteiger partial charge in [-0.15, -0.1) is 0 Å². The monoisotopic (exact) mass is 200 g/mol. The van der Waals surface area contributed by atoms with Crippen molar-refractivity contribution in [3.8, 4) is 6.07 Å². The molecule has 0 aliphatic carbocycles. The fourth-order valence-corrected chi connectivity index (χ4v) is 1.54. The minimum absolute atomic E-state index is 0.712. The van der Waals surface area contributed by atoms with E-state index < -0.39 is 0 Å². The molecule has 15 heavy (non-hydrogen) atoms. The second-order valence-electron chi connectivity index (χ2n) is 3.95. The van der Waals surface area contributed by atoms with Crippen molar-refractivity contribution >= 4 is 5.69 Å². The molecule has 78 valence electrons. The van der Waals surface area contributed by atoms with E-state index in [4.69, 9.17) is 5.26 Å². The van der Waals surface area contributed by atoms with Gasteiger partial charge in [0, 0.05) is 13.6 Å². The summed E-state index contributed by atoms with van der Waals surface area (Å²) in [5.41, 5.74) is 3.94. The third-order valence-electron chi connectivity index (χ3n) is 2.19. The van der Waals surface area contributed by atoms with Crippen LogP contribution in [0.4, 0.5) is 5.69 Å². The van der Waals surface area contributed by atoms with E-state index in [-0.39, 0.29) is 0 Å². The van der Waals surface area contributed by atoms with Crippen molar-refractivity contribution in [1.82, 2.24) is 0 Å². The van der Waals surface area contributed by atoms with Crippen molar-refractivity contribution < 1.29 is 0 Å². The highest BCUT2D eigenvalue weighted by molar-refractivity contribution is 5.60. The third-order valence-corrected chi connectivity index (χ3v) is 2.19.